The van der Waals surface area contributed by atoms with Crippen LogP contribution in [0.15, 0.2) is 36.4 Å². The second-order valence-corrected chi connectivity index (χ2v) is 6.86. The fourth-order valence-corrected chi connectivity index (χ4v) is 2.32. The molecule has 0 aliphatic rings. The van der Waals surface area contributed by atoms with Gasteiger partial charge in [0.1, 0.15) is 0 Å². The number of nitrogens with one attached hydrogen (secondary N) is 2. The van der Waals surface area contributed by atoms with Crippen molar-refractivity contribution in [3.05, 3.63) is 64.2 Å². The van der Waals surface area contributed by atoms with E-state index in [0.717, 1.165) is 6.07 Å². The van der Waals surface area contributed by atoms with Crippen LogP contribution in [0.1, 0.15) is 41.5 Å². The van der Waals surface area contributed by atoms with E-state index in [4.69, 9.17) is 11.6 Å². The number of para-hydroxylation sites is 1. The van der Waals surface area contributed by atoms with Crippen LogP contribution >= 0.6 is 11.6 Å². The Morgan fingerprint density at radius 1 is 0.960 bits per heavy atom. The fourth-order valence-electron chi connectivity index (χ4n) is 2.08. The van der Waals surface area contributed by atoms with Crippen molar-refractivity contribution in [3.63, 3.8) is 0 Å². The Hall–Kier alpha value is -2.47. The zero-order valence-electron chi connectivity index (χ0n) is 13.9. The van der Waals surface area contributed by atoms with Gasteiger partial charge < -0.3 is 10.6 Å². The van der Waals surface area contributed by atoms with Crippen molar-refractivity contribution in [1.29, 1.82) is 0 Å². The molecular weight excluding hydrogens is 350 g/mol. The van der Waals surface area contributed by atoms with Crippen molar-refractivity contribution in [3.8, 4) is 0 Å². The lowest BCUT2D eigenvalue weighted by Gasteiger charge is -2.21. The number of hydrogen-bond acceptors (Lipinski definition) is 2. The summed E-state index contributed by atoms with van der Waals surface area (Å²) in [6.45, 7) is 5.48. The van der Waals surface area contributed by atoms with Crippen LogP contribution in [0, 0.1) is 11.6 Å². The third kappa shape index (κ3) is 4.76. The topological polar surface area (TPSA) is 58.2 Å². The van der Waals surface area contributed by atoms with Crippen LogP contribution in [-0.4, -0.2) is 17.4 Å². The molecule has 0 fully saturated rings. The summed E-state index contributed by atoms with van der Waals surface area (Å²) in [6, 6.07) is 7.80. The average molecular weight is 367 g/mol. The first kappa shape index (κ1) is 18.9. The molecular formula is C18H17ClF2N2O2. The summed E-state index contributed by atoms with van der Waals surface area (Å²) < 4.78 is 26.5. The van der Waals surface area contributed by atoms with Crippen LogP contribution in [-0.2, 0) is 0 Å². The third-order valence-electron chi connectivity index (χ3n) is 3.16. The maximum atomic E-state index is 13.4. The lowest BCUT2D eigenvalue weighted by molar-refractivity contribution is 0.0920. The lowest BCUT2D eigenvalue weighted by atomic mass is 10.1. The van der Waals surface area contributed by atoms with Crippen molar-refractivity contribution in [1.82, 2.24) is 5.32 Å². The Morgan fingerprint density at radius 3 is 2.20 bits per heavy atom. The van der Waals surface area contributed by atoms with E-state index in [2.05, 4.69) is 10.6 Å². The number of halogens is 3. The molecule has 2 aromatic carbocycles. The molecule has 0 radical (unpaired) electrons. The first-order valence-electron chi connectivity index (χ1n) is 7.46. The molecule has 4 nitrogen and oxygen atoms in total. The molecule has 0 bridgehead atoms. The van der Waals surface area contributed by atoms with E-state index in [1.54, 1.807) is 18.2 Å². The number of amides is 2. The normalized spacial score (nSPS) is 11.1. The number of carbonyl (C=O) groups excluding carboxylic acids is 2. The van der Waals surface area contributed by atoms with Crippen molar-refractivity contribution in [2.24, 2.45) is 0 Å². The van der Waals surface area contributed by atoms with Gasteiger partial charge in [-0.05, 0) is 45.0 Å². The highest BCUT2D eigenvalue weighted by Crippen LogP contribution is 2.23. The van der Waals surface area contributed by atoms with Gasteiger partial charge in [0.05, 0.1) is 21.8 Å². The van der Waals surface area contributed by atoms with E-state index >= 15 is 0 Å². The minimum absolute atomic E-state index is 0.229. The van der Waals surface area contributed by atoms with E-state index in [0.29, 0.717) is 6.07 Å². The highest BCUT2D eigenvalue weighted by atomic mass is 35.5. The second kappa shape index (κ2) is 7.19. The molecule has 0 aromatic heterocycles. The van der Waals surface area contributed by atoms with Gasteiger partial charge in [-0.25, -0.2) is 8.78 Å². The molecule has 2 aromatic rings. The van der Waals surface area contributed by atoms with Gasteiger partial charge in [-0.3, -0.25) is 9.59 Å². The van der Waals surface area contributed by atoms with E-state index < -0.39 is 23.1 Å². The number of benzene rings is 2. The van der Waals surface area contributed by atoms with E-state index in [9.17, 15) is 18.4 Å². The average Bonchev–Trinajstić information content (AvgIpc) is 2.49. The summed E-state index contributed by atoms with van der Waals surface area (Å²) in [4.78, 5) is 24.7. The Morgan fingerprint density at radius 2 is 1.56 bits per heavy atom. The maximum Gasteiger partial charge on any atom is 0.257 e. The molecule has 0 saturated carbocycles. The minimum atomic E-state index is -1.19. The van der Waals surface area contributed by atoms with Crippen LogP contribution < -0.4 is 10.6 Å². The SMILES string of the molecule is CC(C)(C)NC(=O)c1ccccc1NC(=O)c1cc(F)c(F)cc1Cl. The molecule has 0 saturated heterocycles. The van der Waals surface area contributed by atoms with E-state index in [1.165, 1.54) is 6.07 Å². The molecule has 7 heteroatoms. The van der Waals surface area contributed by atoms with Crippen LogP contribution in [0.25, 0.3) is 0 Å². The smallest absolute Gasteiger partial charge is 0.257 e. The summed E-state index contributed by atoms with van der Waals surface area (Å²) in [5.74, 6) is -3.46. The van der Waals surface area contributed by atoms with E-state index in [-0.39, 0.29) is 27.7 Å². The molecule has 0 aliphatic heterocycles. The summed E-state index contributed by atoms with van der Waals surface area (Å²) in [5.41, 5.74) is -0.219. The largest absolute Gasteiger partial charge is 0.347 e. The van der Waals surface area contributed by atoms with Crippen LogP contribution in [0.5, 0.6) is 0 Å². The third-order valence-corrected chi connectivity index (χ3v) is 3.48. The van der Waals surface area contributed by atoms with Gasteiger partial charge in [-0.15, -0.1) is 0 Å². The molecule has 2 amide bonds. The van der Waals surface area contributed by atoms with Gasteiger partial charge in [0.15, 0.2) is 11.6 Å². The predicted molar refractivity (Wildman–Crippen MR) is 93.0 cm³/mol. The molecule has 2 N–H and O–H groups in total. The zero-order chi connectivity index (χ0) is 18.8. The Labute approximate surface area is 149 Å². The monoisotopic (exact) mass is 366 g/mol. The lowest BCUT2D eigenvalue weighted by Crippen LogP contribution is -2.40. The predicted octanol–water partition coefficient (Wildman–Crippen LogP) is 4.40. The Bertz CT molecular complexity index is 832. The van der Waals surface area contributed by atoms with E-state index in [1.807, 2.05) is 20.8 Å². The number of carbonyl (C=O) groups is 2. The fraction of sp³-hybridized carbons (Fsp3) is 0.222. The van der Waals surface area contributed by atoms with Crippen molar-refractivity contribution < 1.29 is 18.4 Å². The molecule has 25 heavy (non-hydrogen) atoms. The summed E-state index contributed by atoms with van der Waals surface area (Å²) >= 11 is 5.81. The van der Waals surface area contributed by atoms with Crippen LogP contribution in [0.2, 0.25) is 5.02 Å². The van der Waals surface area contributed by atoms with Crippen LogP contribution in [0.3, 0.4) is 0 Å². The second-order valence-electron chi connectivity index (χ2n) is 6.45. The van der Waals surface area contributed by atoms with Gasteiger partial charge in [-0.2, -0.15) is 0 Å². The van der Waals surface area contributed by atoms with Gasteiger partial charge in [-0.1, -0.05) is 23.7 Å². The standard InChI is InChI=1S/C18H17ClF2N2O2/c1-18(2,3)23-17(25)10-6-4-5-7-15(10)22-16(24)11-8-13(20)14(21)9-12(11)19/h4-9H,1-3H3,(H,22,24)(H,23,25). The maximum absolute atomic E-state index is 13.4. The first-order chi connectivity index (χ1) is 11.6. The number of rotatable bonds is 3. The highest BCUT2D eigenvalue weighted by molar-refractivity contribution is 6.34. The van der Waals surface area contributed by atoms with Crippen molar-refractivity contribution in [2.45, 2.75) is 26.3 Å². The molecule has 0 unspecified atom stereocenters. The first-order valence-corrected chi connectivity index (χ1v) is 7.84. The van der Waals surface area contributed by atoms with Crippen molar-refractivity contribution >= 4 is 29.1 Å². The Balaban J connectivity index is 2.31. The molecule has 2 rings (SSSR count). The van der Waals surface area contributed by atoms with Gasteiger partial charge in [0.2, 0.25) is 0 Å². The van der Waals surface area contributed by atoms with Gasteiger partial charge in [0, 0.05) is 5.54 Å². The Kier molecular flexibility index (Phi) is 5.42. The summed E-state index contributed by atoms with van der Waals surface area (Å²) in [5, 5.41) is 5.07. The molecule has 0 atom stereocenters. The van der Waals surface area contributed by atoms with Crippen molar-refractivity contribution in [2.75, 3.05) is 5.32 Å². The number of hydrogen-bond donors (Lipinski definition) is 2. The summed E-state index contributed by atoms with van der Waals surface area (Å²) in [7, 11) is 0. The van der Waals surface area contributed by atoms with Gasteiger partial charge >= 0.3 is 0 Å². The summed E-state index contributed by atoms with van der Waals surface area (Å²) in [6.07, 6.45) is 0. The molecule has 0 heterocycles. The molecule has 132 valence electrons. The quantitative estimate of drug-likeness (QED) is 0.791. The molecule has 0 aliphatic carbocycles. The minimum Gasteiger partial charge on any atom is -0.347 e. The van der Waals surface area contributed by atoms with Crippen LogP contribution in [0.4, 0.5) is 14.5 Å². The zero-order valence-corrected chi connectivity index (χ0v) is 14.7. The molecule has 0 spiro atoms. The number of anilines is 1. The van der Waals surface area contributed by atoms with Gasteiger partial charge in [0.25, 0.3) is 11.8 Å². The highest BCUT2D eigenvalue weighted by Gasteiger charge is 2.20.